The van der Waals surface area contributed by atoms with Gasteiger partial charge in [-0.25, -0.2) is 8.42 Å². The highest BCUT2D eigenvalue weighted by molar-refractivity contribution is 7.89. The Labute approximate surface area is 246 Å². The van der Waals surface area contributed by atoms with Crippen LogP contribution in [0, 0.1) is 0 Å². The fourth-order valence-corrected chi connectivity index (χ4v) is 6.66. The van der Waals surface area contributed by atoms with E-state index in [1.165, 1.54) is 27.6 Å². The Kier molecular flexibility index (Phi) is 9.05. The second-order valence-corrected chi connectivity index (χ2v) is 12.1. The molecular formula is C32H32ClN3O4S. The first kappa shape index (κ1) is 28.8. The molecule has 0 atom stereocenters. The molecule has 0 bridgehead atoms. The van der Waals surface area contributed by atoms with Crippen molar-refractivity contribution in [1.82, 2.24) is 9.21 Å². The number of nitrogens with one attached hydrogen (secondary N) is 1. The van der Waals surface area contributed by atoms with Crippen molar-refractivity contribution >= 4 is 33.2 Å². The zero-order chi connectivity index (χ0) is 28.8. The molecule has 1 heterocycles. The van der Waals surface area contributed by atoms with Crippen LogP contribution in [-0.4, -0.2) is 56.3 Å². The first-order valence-corrected chi connectivity index (χ1v) is 15.4. The average molecular weight is 590 g/mol. The molecule has 0 aliphatic carbocycles. The Morgan fingerprint density at radius 2 is 1.44 bits per heavy atom. The number of sulfonamides is 1. The van der Waals surface area contributed by atoms with Crippen LogP contribution in [0.2, 0.25) is 5.02 Å². The van der Waals surface area contributed by atoms with E-state index < -0.39 is 15.9 Å². The number of benzene rings is 4. The minimum atomic E-state index is -3.82. The molecule has 1 fully saturated rings. The normalized spacial score (nSPS) is 14.6. The monoisotopic (exact) mass is 589 g/mol. The number of piperazine rings is 1. The van der Waals surface area contributed by atoms with Gasteiger partial charge in [0.1, 0.15) is 5.75 Å². The smallest absolute Gasteiger partial charge is 0.255 e. The van der Waals surface area contributed by atoms with E-state index in [0.717, 1.165) is 0 Å². The quantitative estimate of drug-likeness (QED) is 0.256. The molecule has 1 aliphatic rings. The van der Waals surface area contributed by atoms with Crippen LogP contribution in [0.25, 0.3) is 0 Å². The minimum absolute atomic E-state index is 0.0300. The van der Waals surface area contributed by atoms with Gasteiger partial charge < -0.3 is 10.1 Å². The molecule has 1 amide bonds. The number of anilines is 1. The highest BCUT2D eigenvalue weighted by Gasteiger charge is 2.32. The zero-order valence-corrected chi connectivity index (χ0v) is 24.3. The van der Waals surface area contributed by atoms with Gasteiger partial charge in [-0.1, -0.05) is 72.3 Å². The number of rotatable bonds is 9. The molecule has 212 valence electrons. The van der Waals surface area contributed by atoms with Crippen molar-refractivity contribution in [3.63, 3.8) is 0 Å². The Bertz CT molecular complexity index is 1540. The minimum Gasteiger partial charge on any atom is -0.492 e. The van der Waals surface area contributed by atoms with E-state index in [1.807, 2.05) is 43.3 Å². The lowest BCUT2D eigenvalue weighted by Crippen LogP contribution is -2.49. The summed E-state index contributed by atoms with van der Waals surface area (Å²) < 4.78 is 34.7. The number of halogens is 1. The predicted molar refractivity (Wildman–Crippen MR) is 162 cm³/mol. The highest BCUT2D eigenvalue weighted by atomic mass is 35.5. The molecule has 41 heavy (non-hydrogen) atoms. The Hall–Kier alpha value is -3.69. The summed E-state index contributed by atoms with van der Waals surface area (Å²) in [7, 11) is -3.82. The summed E-state index contributed by atoms with van der Waals surface area (Å²) in [4.78, 5) is 15.3. The molecular weight excluding hydrogens is 558 g/mol. The maximum absolute atomic E-state index is 13.8. The van der Waals surface area contributed by atoms with Gasteiger partial charge in [-0.15, -0.1) is 0 Å². The van der Waals surface area contributed by atoms with Crippen LogP contribution in [0.4, 0.5) is 5.69 Å². The van der Waals surface area contributed by atoms with Crippen LogP contribution in [0.1, 0.15) is 34.5 Å². The largest absolute Gasteiger partial charge is 0.492 e. The Morgan fingerprint density at radius 1 is 0.854 bits per heavy atom. The molecule has 5 rings (SSSR count). The topological polar surface area (TPSA) is 79.0 Å². The lowest BCUT2D eigenvalue weighted by atomic mass is 9.96. The van der Waals surface area contributed by atoms with Gasteiger partial charge in [-0.3, -0.25) is 9.69 Å². The maximum Gasteiger partial charge on any atom is 0.255 e. The molecule has 7 nitrogen and oxygen atoms in total. The summed E-state index contributed by atoms with van der Waals surface area (Å²) in [5, 5.41) is 3.32. The van der Waals surface area contributed by atoms with Crippen LogP contribution < -0.4 is 10.1 Å². The second kappa shape index (κ2) is 12.9. The third-order valence-corrected chi connectivity index (χ3v) is 9.26. The number of hydrogen-bond acceptors (Lipinski definition) is 5. The number of hydrogen-bond donors (Lipinski definition) is 1. The van der Waals surface area contributed by atoms with Crippen molar-refractivity contribution < 1.29 is 17.9 Å². The van der Waals surface area contributed by atoms with E-state index in [0.29, 0.717) is 54.8 Å². The Balaban J connectivity index is 1.35. The fraction of sp³-hybridized carbons (Fsp3) is 0.219. The van der Waals surface area contributed by atoms with E-state index >= 15 is 0 Å². The summed E-state index contributed by atoms with van der Waals surface area (Å²) in [6, 6.07) is 31.6. The molecule has 1 saturated heterocycles. The first-order chi connectivity index (χ1) is 19.9. The fourth-order valence-electron chi connectivity index (χ4n) is 5.08. The van der Waals surface area contributed by atoms with Gasteiger partial charge in [0, 0.05) is 36.8 Å². The first-order valence-electron chi connectivity index (χ1n) is 13.5. The predicted octanol–water partition coefficient (Wildman–Crippen LogP) is 6.09. The molecule has 4 aromatic carbocycles. The van der Waals surface area contributed by atoms with Gasteiger partial charge in [0.15, 0.2) is 0 Å². The second-order valence-electron chi connectivity index (χ2n) is 9.72. The summed E-state index contributed by atoms with van der Waals surface area (Å²) in [5.74, 6) is 0.00537. The molecule has 1 aliphatic heterocycles. The van der Waals surface area contributed by atoms with Crippen molar-refractivity contribution in [2.75, 3.05) is 38.1 Å². The zero-order valence-electron chi connectivity index (χ0n) is 22.7. The molecule has 1 N–H and O–H groups in total. The SMILES string of the molecule is CCOc1ccc(S(=O)(=O)N2CCN(C(c3ccccc3)c3ccccc3)CC2)cc1NC(=O)c1ccc(Cl)cc1. The molecule has 9 heteroatoms. The summed E-state index contributed by atoms with van der Waals surface area (Å²) in [6.07, 6.45) is 0. The lowest BCUT2D eigenvalue weighted by Gasteiger charge is -2.39. The summed E-state index contributed by atoms with van der Waals surface area (Å²) >= 11 is 5.95. The van der Waals surface area contributed by atoms with E-state index in [1.54, 1.807) is 30.3 Å². The van der Waals surface area contributed by atoms with Gasteiger partial charge in [-0.05, 0) is 60.5 Å². The number of carbonyl (C=O) groups excluding carboxylic acids is 1. The van der Waals surface area contributed by atoms with Crippen molar-refractivity contribution in [2.24, 2.45) is 0 Å². The van der Waals surface area contributed by atoms with Crippen LogP contribution in [0.5, 0.6) is 5.75 Å². The Morgan fingerprint density at radius 3 is 2.00 bits per heavy atom. The number of nitrogens with zero attached hydrogens (tertiary/aromatic N) is 2. The standard InChI is InChI=1S/C32H32ClN3O4S/c1-2-40-30-18-17-28(23-29(30)34-32(37)26-13-15-27(33)16-14-26)41(38,39)36-21-19-35(20-22-36)31(24-9-5-3-6-10-24)25-11-7-4-8-12-25/h3-18,23,31H,2,19-22H2,1H3,(H,34,37). The third-order valence-electron chi connectivity index (χ3n) is 7.11. The van der Waals surface area contributed by atoms with Crippen molar-refractivity contribution in [1.29, 1.82) is 0 Å². The van der Waals surface area contributed by atoms with Gasteiger partial charge in [0.05, 0.1) is 23.2 Å². The van der Waals surface area contributed by atoms with Crippen LogP contribution in [-0.2, 0) is 10.0 Å². The van der Waals surface area contributed by atoms with Gasteiger partial charge in [0.25, 0.3) is 5.91 Å². The van der Waals surface area contributed by atoms with Crippen molar-refractivity contribution in [2.45, 2.75) is 17.9 Å². The lowest BCUT2D eigenvalue weighted by molar-refractivity contribution is 0.102. The van der Waals surface area contributed by atoms with E-state index in [9.17, 15) is 13.2 Å². The number of ether oxygens (including phenoxy) is 1. The van der Waals surface area contributed by atoms with Crippen LogP contribution >= 0.6 is 11.6 Å². The number of carbonyl (C=O) groups is 1. The molecule has 0 unspecified atom stereocenters. The van der Waals surface area contributed by atoms with Crippen molar-refractivity contribution in [3.05, 3.63) is 125 Å². The van der Waals surface area contributed by atoms with Gasteiger partial charge >= 0.3 is 0 Å². The van der Waals surface area contributed by atoms with Crippen molar-refractivity contribution in [3.8, 4) is 5.75 Å². The average Bonchev–Trinajstić information content (AvgIpc) is 3.00. The summed E-state index contributed by atoms with van der Waals surface area (Å²) in [6.45, 7) is 4.03. The van der Waals surface area contributed by atoms with Crippen LogP contribution in [0.15, 0.2) is 108 Å². The highest BCUT2D eigenvalue weighted by Crippen LogP contribution is 2.33. The van der Waals surface area contributed by atoms with E-state index in [-0.39, 0.29) is 10.9 Å². The molecule has 0 aromatic heterocycles. The molecule has 0 saturated carbocycles. The van der Waals surface area contributed by atoms with Gasteiger partial charge in [-0.2, -0.15) is 4.31 Å². The maximum atomic E-state index is 13.8. The van der Waals surface area contributed by atoms with E-state index in [2.05, 4.69) is 34.5 Å². The number of amides is 1. The molecule has 0 radical (unpaired) electrons. The third kappa shape index (κ3) is 6.63. The molecule has 0 spiro atoms. The van der Waals surface area contributed by atoms with Gasteiger partial charge in [0.2, 0.25) is 10.0 Å². The molecule has 4 aromatic rings. The van der Waals surface area contributed by atoms with Crippen LogP contribution in [0.3, 0.4) is 0 Å². The summed E-state index contributed by atoms with van der Waals surface area (Å²) in [5.41, 5.74) is 3.03. The van der Waals surface area contributed by atoms with E-state index in [4.69, 9.17) is 16.3 Å².